The van der Waals surface area contributed by atoms with Crippen LogP contribution in [0.15, 0.2) is 4.99 Å². The Kier molecular flexibility index (Phi) is 3.44. The molecule has 0 spiro atoms. The predicted molar refractivity (Wildman–Crippen MR) is 53.5 cm³/mol. The molecule has 1 heterocycles. The lowest BCUT2D eigenvalue weighted by molar-refractivity contribution is 0.618. The minimum Gasteiger partial charge on any atom is -0.279 e. The zero-order valence-corrected chi connectivity index (χ0v) is 8.45. The fourth-order valence-corrected chi connectivity index (χ4v) is 2.63. The highest BCUT2D eigenvalue weighted by molar-refractivity contribution is 8.14. The molecule has 0 radical (unpaired) electrons. The molecule has 0 saturated carbocycles. The molecule has 1 rings (SSSR count). The third-order valence-electron chi connectivity index (χ3n) is 2.09. The van der Waals surface area contributed by atoms with E-state index in [2.05, 4.69) is 25.8 Å². The molecule has 1 nitrogen and oxygen atoms in total. The Morgan fingerprint density at radius 3 is 2.73 bits per heavy atom. The van der Waals surface area contributed by atoms with Gasteiger partial charge in [0.25, 0.3) is 0 Å². The lowest BCUT2D eigenvalue weighted by Gasteiger charge is -2.11. The van der Waals surface area contributed by atoms with Gasteiger partial charge < -0.3 is 0 Å². The highest BCUT2D eigenvalue weighted by atomic mass is 32.2. The van der Waals surface area contributed by atoms with Crippen LogP contribution in [0.3, 0.4) is 0 Å². The van der Waals surface area contributed by atoms with Crippen molar-refractivity contribution in [2.45, 2.75) is 51.3 Å². The lowest BCUT2D eigenvalue weighted by atomic mass is 10.1. The second kappa shape index (κ2) is 4.15. The number of nitrogens with zero attached hydrogens (tertiary/aromatic N) is 1. The van der Waals surface area contributed by atoms with Crippen molar-refractivity contribution >= 4 is 16.8 Å². The van der Waals surface area contributed by atoms with Crippen LogP contribution in [0.5, 0.6) is 0 Å². The normalized spacial score (nSPS) is 30.6. The quantitative estimate of drug-likeness (QED) is 0.635. The number of hydrogen-bond donors (Lipinski definition) is 0. The smallest absolute Gasteiger partial charge is 0.0652 e. The Labute approximate surface area is 73.7 Å². The van der Waals surface area contributed by atoms with Gasteiger partial charge in [-0.3, -0.25) is 4.99 Å². The molecule has 0 bridgehead atoms. The third-order valence-corrected chi connectivity index (χ3v) is 3.47. The maximum Gasteiger partial charge on any atom is 0.0652 e. The van der Waals surface area contributed by atoms with Crippen LogP contribution in [0.1, 0.15) is 40.0 Å². The van der Waals surface area contributed by atoms with Gasteiger partial charge in [-0.2, -0.15) is 0 Å². The fourth-order valence-electron chi connectivity index (χ4n) is 1.42. The van der Waals surface area contributed by atoms with E-state index in [1.807, 2.05) is 11.8 Å². The predicted octanol–water partition coefficient (Wildman–Crippen LogP) is 3.10. The molecule has 2 unspecified atom stereocenters. The van der Waals surface area contributed by atoms with Crippen LogP contribution in [0, 0.1) is 0 Å². The summed E-state index contributed by atoms with van der Waals surface area (Å²) in [6.07, 6.45) is 4.00. The summed E-state index contributed by atoms with van der Waals surface area (Å²) >= 11 is 1.96. The molecule has 0 aliphatic carbocycles. The number of hydrogen-bond acceptors (Lipinski definition) is 2. The largest absolute Gasteiger partial charge is 0.279 e. The molecule has 0 aromatic carbocycles. The highest BCUT2D eigenvalue weighted by Gasteiger charge is 2.23. The first-order valence-electron chi connectivity index (χ1n) is 4.45. The van der Waals surface area contributed by atoms with Gasteiger partial charge in [-0.25, -0.2) is 0 Å². The van der Waals surface area contributed by atoms with Gasteiger partial charge in [-0.05, 0) is 20.3 Å². The summed E-state index contributed by atoms with van der Waals surface area (Å²) in [6, 6.07) is 0.562. The van der Waals surface area contributed by atoms with Crippen molar-refractivity contribution in [1.29, 1.82) is 0 Å². The zero-order valence-electron chi connectivity index (χ0n) is 7.63. The number of unbranched alkanes of at least 4 members (excludes halogenated alkanes) is 1. The van der Waals surface area contributed by atoms with Gasteiger partial charge in [0, 0.05) is 5.25 Å². The van der Waals surface area contributed by atoms with Crippen LogP contribution < -0.4 is 0 Å². The van der Waals surface area contributed by atoms with E-state index >= 15 is 0 Å². The van der Waals surface area contributed by atoms with Gasteiger partial charge in [-0.15, -0.1) is 11.8 Å². The van der Waals surface area contributed by atoms with Gasteiger partial charge in [0.1, 0.15) is 0 Å². The standard InChI is InChI=1S/C9H17NS/c1-4-5-6-9-7(2)10-8(3)11-9/h7,9H,4-6H2,1-3H3. The van der Waals surface area contributed by atoms with E-state index in [0.717, 1.165) is 5.25 Å². The van der Waals surface area contributed by atoms with Gasteiger partial charge >= 0.3 is 0 Å². The first-order chi connectivity index (χ1) is 5.24. The van der Waals surface area contributed by atoms with Crippen molar-refractivity contribution in [2.24, 2.45) is 4.99 Å². The Hall–Kier alpha value is 0.0200. The molecule has 0 amide bonds. The van der Waals surface area contributed by atoms with E-state index in [9.17, 15) is 0 Å². The van der Waals surface area contributed by atoms with Gasteiger partial charge in [0.05, 0.1) is 11.1 Å². The topological polar surface area (TPSA) is 12.4 Å². The number of aliphatic imine (C=N–C) groups is 1. The first kappa shape index (κ1) is 9.11. The maximum absolute atomic E-state index is 4.50. The average Bonchev–Trinajstić information content (AvgIpc) is 2.26. The Balaban J connectivity index is 2.28. The second-order valence-corrected chi connectivity index (χ2v) is 4.62. The van der Waals surface area contributed by atoms with Crippen LogP contribution in [0.2, 0.25) is 0 Å². The molecule has 2 heteroatoms. The van der Waals surface area contributed by atoms with Crippen molar-refractivity contribution in [1.82, 2.24) is 0 Å². The molecular weight excluding hydrogens is 154 g/mol. The molecule has 1 aliphatic heterocycles. The van der Waals surface area contributed by atoms with E-state index in [4.69, 9.17) is 0 Å². The summed E-state index contributed by atoms with van der Waals surface area (Å²) in [5.41, 5.74) is 0. The molecule has 1 aliphatic rings. The molecule has 0 aromatic rings. The molecular formula is C9H17NS. The van der Waals surface area contributed by atoms with E-state index in [1.165, 1.54) is 24.3 Å². The summed E-state index contributed by atoms with van der Waals surface area (Å²) in [5.74, 6) is 0. The number of thioether (sulfide) groups is 1. The first-order valence-corrected chi connectivity index (χ1v) is 5.33. The Morgan fingerprint density at radius 1 is 1.55 bits per heavy atom. The van der Waals surface area contributed by atoms with E-state index in [-0.39, 0.29) is 0 Å². The molecule has 0 N–H and O–H groups in total. The van der Waals surface area contributed by atoms with Crippen molar-refractivity contribution in [3.63, 3.8) is 0 Å². The van der Waals surface area contributed by atoms with Crippen molar-refractivity contribution in [2.75, 3.05) is 0 Å². The fraction of sp³-hybridized carbons (Fsp3) is 0.889. The van der Waals surface area contributed by atoms with Crippen LogP contribution in [-0.4, -0.2) is 16.3 Å². The van der Waals surface area contributed by atoms with Crippen LogP contribution in [-0.2, 0) is 0 Å². The lowest BCUT2D eigenvalue weighted by Crippen LogP contribution is -2.12. The molecule has 64 valence electrons. The average molecular weight is 171 g/mol. The summed E-state index contributed by atoms with van der Waals surface area (Å²) < 4.78 is 0. The minimum atomic E-state index is 0.562. The van der Waals surface area contributed by atoms with Crippen LogP contribution in [0.25, 0.3) is 0 Å². The van der Waals surface area contributed by atoms with Crippen LogP contribution in [0.4, 0.5) is 0 Å². The van der Waals surface area contributed by atoms with Gasteiger partial charge in [0.15, 0.2) is 0 Å². The molecule has 0 aromatic heterocycles. The summed E-state index contributed by atoms with van der Waals surface area (Å²) in [4.78, 5) is 4.50. The monoisotopic (exact) mass is 171 g/mol. The van der Waals surface area contributed by atoms with Gasteiger partial charge in [-0.1, -0.05) is 19.8 Å². The molecule has 2 atom stereocenters. The van der Waals surface area contributed by atoms with E-state index < -0.39 is 0 Å². The highest BCUT2D eigenvalue weighted by Crippen LogP contribution is 2.30. The summed E-state index contributed by atoms with van der Waals surface area (Å²) in [5, 5.41) is 2.05. The van der Waals surface area contributed by atoms with Crippen molar-refractivity contribution < 1.29 is 0 Å². The second-order valence-electron chi connectivity index (χ2n) is 3.19. The van der Waals surface area contributed by atoms with Gasteiger partial charge in [0.2, 0.25) is 0 Å². The van der Waals surface area contributed by atoms with Crippen molar-refractivity contribution in [3.8, 4) is 0 Å². The Morgan fingerprint density at radius 2 is 2.27 bits per heavy atom. The molecule has 11 heavy (non-hydrogen) atoms. The van der Waals surface area contributed by atoms with E-state index in [1.54, 1.807) is 0 Å². The maximum atomic E-state index is 4.50. The minimum absolute atomic E-state index is 0.562. The molecule has 0 saturated heterocycles. The summed E-state index contributed by atoms with van der Waals surface area (Å²) in [6.45, 7) is 6.59. The summed E-state index contributed by atoms with van der Waals surface area (Å²) in [7, 11) is 0. The molecule has 0 fully saturated rings. The van der Waals surface area contributed by atoms with Crippen molar-refractivity contribution in [3.05, 3.63) is 0 Å². The Bertz CT molecular complexity index is 154. The van der Waals surface area contributed by atoms with Crippen LogP contribution >= 0.6 is 11.8 Å². The van der Waals surface area contributed by atoms with E-state index in [0.29, 0.717) is 6.04 Å². The zero-order chi connectivity index (χ0) is 8.27. The third kappa shape index (κ3) is 2.51. The SMILES string of the molecule is CCCCC1SC(C)=NC1C. The number of rotatable bonds is 3.